The molecule has 12 heavy (non-hydrogen) atoms. The molecule has 0 fully saturated rings. The van der Waals surface area contributed by atoms with E-state index in [2.05, 4.69) is 0 Å². The molecule has 0 radical (unpaired) electrons. The van der Waals surface area contributed by atoms with Crippen molar-refractivity contribution in [3.63, 3.8) is 0 Å². The first kappa shape index (κ1) is 8.77. The van der Waals surface area contributed by atoms with Crippen LogP contribution in [0.2, 0.25) is 0 Å². The van der Waals surface area contributed by atoms with Gasteiger partial charge in [0.1, 0.15) is 6.29 Å². The highest BCUT2D eigenvalue weighted by atomic mass is 16.4. The third-order valence-corrected chi connectivity index (χ3v) is 1.96. The Morgan fingerprint density at radius 2 is 2.33 bits per heavy atom. The summed E-state index contributed by atoms with van der Waals surface area (Å²) in [6.07, 6.45) is 1.38. The molecule has 1 aliphatic heterocycles. The molecule has 0 bridgehead atoms. The van der Waals surface area contributed by atoms with Gasteiger partial charge in [-0.25, -0.2) is 4.79 Å². The number of nitrogens with zero attached hydrogens (tertiary/aromatic N) is 1. The summed E-state index contributed by atoms with van der Waals surface area (Å²) in [6.45, 7) is 3.72. The molecule has 1 amide bonds. The number of amides is 1. The summed E-state index contributed by atoms with van der Waals surface area (Å²) in [5, 5.41) is 8.74. The van der Waals surface area contributed by atoms with Gasteiger partial charge in [0, 0.05) is 5.57 Å². The minimum atomic E-state index is -0.992. The van der Waals surface area contributed by atoms with Crippen LogP contribution in [0.5, 0.6) is 0 Å². The van der Waals surface area contributed by atoms with Gasteiger partial charge >= 0.3 is 6.09 Å². The molecule has 0 unspecified atom stereocenters. The second-order valence-corrected chi connectivity index (χ2v) is 3.36. The van der Waals surface area contributed by atoms with E-state index in [1.807, 2.05) is 0 Å². The highest BCUT2D eigenvalue weighted by molar-refractivity contribution is 5.79. The first-order valence-electron chi connectivity index (χ1n) is 3.65. The lowest BCUT2D eigenvalue weighted by Gasteiger charge is -2.27. The first-order valence-corrected chi connectivity index (χ1v) is 3.65. The topological polar surface area (TPSA) is 57.6 Å². The van der Waals surface area contributed by atoms with Gasteiger partial charge in [0.05, 0.1) is 12.1 Å². The zero-order chi connectivity index (χ0) is 9.35. The average molecular weight is 169 g/mol. The van der Waals surface area contributed by atoms with Gasteiger partial charge in [-0.2, -0.15) is 0 Å². The van der Waals surface area contributed by atoms with Crippen LogP contribution < -0.4 is 0 Å². The number of aldehydes is 1. The lowest BCUT2D eigenvalue weighted by atomic mass is 10.1. The molecule has 0 aromatic carbocycles. The Kier molecular flexibility index (Phi) is 1.92. The van der Waals surface area contributed by atoms with E-state index < -0.39 is 11.6 Å². The predicted octanol–water partition coefficient (Wildman–Crippen LogP) is 0.884. The van der Waals surface area contributed by atoms with Crippen molar-refractivity contribution in [2.24, 2.45) is 0 Å². The quantitative estimate of drug-likeness (QED) is 0.593. The van der Waals surface area contributed by atoms with Gasteiger partial charge in [0.25, 0.3) is 0 Å². The fourth-order valence-electron chi connectivity index (χ4n) is 1.35. The fraction of sp³-hybridized carbons (Fsp3) is 0.500. The molecule has 1 aliphatic rings. The summed E-state index contributed by atoms with van der Waals surface area (Å²) in [5.74, 6) is 0. The van der Waals surface area contributed by atoms with Crippen LogP contribution >= 0.6 is 0 Å². The molecule has 0 aromatic heterocycles. The Labute approximate surface area is 70.5 Å². The largest absolute Gasteiger partial charge is 0.465 e. The Morgan fingerprint density at radius 3 is 2.58 bits per heavy atom. The van der Waals surface area contributed by atoms with Crippen molar-refractivity contribution in [1.29, 1.82) is 0 Å². The van der Waals surface area contributed by atoms with Crippen LogP contribution in [0.3, 0.4) is 0 Å². The molecule has 0 atom stereocenters. The smallest absolute Gasteiger partial charge is 0.408 e. The summed E-state index contributed by atoms with van der Waals surface area (Å²) >= 11 is 0. The summed E-state index contributed by atoms with van der Waals surface area (Å²) in [7, 11) is 0. The van der Waals surface area contributed by atoms with E-state index in [4.69, 9.17) is 5.11 Å². The van der Waals surface area contributed by atoms with Gasteiger partial charge in [-0.05, 0) is 13.8 Å². The molecule has 0 saturated heterocycles. The second kappa shape index (κ2) is 2.62. The zero-order valence-corrected chi connectivity index (χ0v) is 7.07. The molecule has 0 aromatic rings. The van der Waals surface area contributed by atoms with E-state index in [1.165, 1.54) is 4.90 Å². The third kappa shape index (κ3) is 1.32. The highest BCUT2D eigenvalue weighted by Gasteiger charge is 2.34. The predicted molar refractivity (Wildman–Crippen MR) is 43.0 cm³/mol. The minimum Gasteiger partial charge on any atom is -0.465 e. The van der Waals surface area contributed by atoms with Gasteiger partial charge in [-0.1, -0.05) is 6.08 Å². The van der Waals surface area contributed by atoms with Crippen molar-refractivity contribution in [2.75, 3.05) is 6.54 Å². The minimum absolute atomic E-state index is 0.200. The maximum Gasteiger partial charge on any atom is 0.408 e. The molecule has 0 spiro atoms. The number of rotatable bonds is 1. The van der Waals surface area contributed by atoms with Crippen molar-refractivity contribution in [3.8, 4) is 0 Å². The van der Waals surface area contributed by atoms with E-state index in [9.17, 15) is 9.59 Å². The molecule has 1 rings (SSSR count). The van der Waals surface area contributed by atoms with Crippen LogP contribution in [0.1, 0.15) is 13.8 Å². The first-order chi connectivity index (χ1) is 5.47. The van der Waals surface area contributed by atoms with Gasteiger partial charge in [-0.15, -0.1) is 0 Å². The van der Waals surface area contributed by atoms with E-state index in [-0.39, 0.29) is 6.54 Å². The van der Waals surface area contributed by atoms with Crippen LogP contribution in [0.15, 0.2) is 11.6 Å². The summed E-state index contributed by atoms with van der Waals surface area (Å²) in [5.41, 5.74) is -0.0235. The van der Waals surface area contributed by atoms with Crippen molar-refractivity contribution in [1.82, 2.24) is 4.90 Å². The van der Waals surface area contributed by atoms with Gasteiger partial charge in [-0.3, -0.25) is 9.69 Å². The molecule has 0 aliphatic carbocycles. The maximum atomic E-state index is 10.7. The molecule has 0 saturated carbocycles. The lowest BCUT2D eigenvalue weighted by molar-refractivity contribution is -0.104. The van der Waals surface area contributed by atoms with Gasteiger partial charge in [0.2, 0.25) is 0 Å². The fourth-order valence-corrected chi connectivity index (χ4v) is 1.35. The van der Waals surface area contributed by atoms with E-state index >= 15 is 0 Å². The monoisotopic (exact) mass is 169 g/mol. The number of hydrogen-bond acceptors (Lipinski definition) is 2. The van der Waals surface area contributed by atoms with Crippen molar-refractivity contribution in [2.45, 2.75) is 19.4 Å². The standard InChI is InChI=1S/C8H11NO3/c1-8(2)3-6(5-10)4-9(8)7(11)12/h3,5H,4H2,1-2H3,(H,11,12). The van der Waals surface area contributed by atoms with Crippen molar-refractivity contribution < 1.29 is 14.7 Å². The Hall–Kier alpha value is -1.32. The second-order valence-electron chi connectivity index (χ2n) is 3.36. The molecule has 4 nitrogen and oxygen atoms in total. The molecule has 1 heterocycles. The Morgan fingerprint density at radius 1 is 1.75 bits per heavy atom. The van der Waals surface area contributed by atoms with Crippen molar-refractivity contribution in [3.05, 3.63) is 11.6 Å². The van der Waals surface area contributed by atoms with Crippen LogP contribution in [0.4, 0.5) is 4.79 Å². The molecular weight excluding hydrogens is 158 g/mol. The number of carboxylic acid groups (broad SMARTS) is 1. The Bertz CT molecular complexity index is 255. The summed E-state index contributed by atoms with van der Waals surface area (Å²) in [4.78, 5) is 22.3. The SMILES string of the molecule is CC1(C)C=C(C=O)CN1C(=O)O. The van der Waals surface area contributed by atoms with Crippen LogP contribution in [0, 0.1) is 0 Å². The van der Waals surface area contributed by atoms with Crippen molar-refractivity contribution >= 4 is 12.4 Å². The molecule has 4 heteroatoms. The zero-order valence-electron chi connectivity index (χ0n) is 7.07. The molecular formula is C8H11NO3. The Balaban J connectivity index is 2.88. The summed E-state index contributed by atoms with van der Waals surface area (Å²) in [6, 6.07) is 0. The number of hydrogen-bond donors (Lipinski definition) is 1. The molecule has 66 valence electrons. The average Bonchev–Trinajstić information content (AvgIpc) is 2.25. The van der Waals surface area contributed by atoms with Gasteiger partial charge in [0.15, 0.2) is 0 Å². The van der Waals surface area contributed by atoms with Gasteiger partial charge < -0.3 is 5.11 Å². The number of carbonyl (C=O) groups excluding carboxylic acids is 1. The number of carbonyl (C=O) groups is 2. The van der Waals surface area contributed by atoms with Crippen LogP contribution in [-0.2, 0) is 4.79 Å². The van der Waals surface area contributed by atoms with E-state index in [1.54, 1.807) is 19.9 Å². The normalized spacial score (nSPS) is 20.5. The maximum absolute atomic E-state index is 10.7. The van der Waals surface area contributed by atoms with E-state index in [0.717, 1.165) is 0 Å². The van der Waals surface area contributed by atoms with Crippen LogP contribution in [0.25, 0.3) is 0 Å². The van der Waals surface area contributed by atoms with Crippen LogP contribution in [-0.4, -0.2) is 34.5 Å². The third-order valence-electron chi connectivity index (χ3n) is 1.96. The summed E-state index contributed by atoms with van der Waals surface area (Å²) < 4.78 is 0. The lowest BCUT2D eigenvalue weighted by Crippen LogP contribution is -2.42. The highest BCUT2D eigenvalue weighted by Crippen LogP contribution is 2.25. The molecule has 1 N–H and O–H groups in total. The van der Waals surface area contributed by atoms with E-state index in [0.29, 0.717) is 11.9 Å².